The first-order valence-electron chi connectivity index (χ1n) is 14.4. The van der Waals surface area contributed by atoms with Gasteiger partial charge in [-0.1, -0.05) is 39.7 Å². The topological polar surface area (TPSA) is 110 Å². The van der Waals surface area contributed by atoms with Crippen LogP contribution in [0.2, 0.25) is 0 Å². The molecule has 4 saturated carbocycles. The van der Waals surface area contributed by atoms with Crippen molar-refractivity contribution >= 4 is 17.9 Å². The van der Waals surface area contributed by atoms with Crippen LogP contribution in [0.3, 0.4) is 0 Å². The van der Waals surface area contributed by atoms with Gasteiger partial charge in [-0.15, -0.1) is 0 Å². The fourth-order valence-electron chi connectivity index (χ4n) is 9.36. The summed E-state index contributed by atoms with van der Waals surface area (Å²) in [5.74, 6) is -4.14. The first-order valence-corrected chi connectivity index (χ1v) is 14.4. The number of allylic oxidation sites excluding steroid dienone is 4. The third-order valence-corrected chi connectivity index (χ3v) is 11.3. The van der Waals surface area contributed by atoms with Gasteiger partial charge in [-0.2, -0.15) is 0 Å². The Kier molecular flexibility index (Phi) is 6.80. The maximum absolute atomic E-state index is 17.4. The number of alkyl halides is 2. The summed E-state index contributed by atoms with van der Waals surface area (Å²) >= 11 is 0. The Morgan fingerprint density at radius 1 is 1.18 bits per heavy atom. The molecule has 2 N–H and O–H groups in total. The number of carbonyl (C=O) groups is 3. The molecular formula is C30H40F2O7. The van der Waals surface area contributed by atoms with Crippen LogP contribution < -0.4 is 0 Å². The molecule has 5 aliphatic carbocycles. The van der Waals surface area contributed by atoms with Crippen molar-refractivity contribution in [2.24, 2.45) is 34.5 Å². The van der Waals surface area contributed by atoms with Crippen LogP contribution >= 0.6 is 0 Å². The van der Waals surface area contributed by atoms with Crippen molar-refractivity contribution in [2.75, 3.05) is 0 Å². The minimum atomic E-state index is -2.34. The van der Waals surface area contributed by atoms with Gasteiger partial charge in [-0.05, 0) is 75.0 Å². The minimum absolute atomic E-state index is 0.00398. The van der Waals surface area contributed by atoms with Gasteiger partial charge in [0, 0.05) is 22.7 Å². The normalized spacial score (nSPS) is 46.1. The highest BCUT2D eigenvalue weighted by Gasteiger charge is 2.78. The number of hydrogen-bond donors (Lipinski definition) is 2. The lowest BCUT2D eigenvalue weighted by Crippen LogP contribution is -2.71. The Hall–Kier alpha value is -2.29. The van der Waals surface area contributed by atoms with E-state index in [1.807, 2.05) is 6.92 Å². The van der Waals surface area contributed by atoms with E-state index in [1.54, 1.807) is 13.8 Å². The van der Waals surface area contributed by atoms with Gasteiger partial charge in [0.25, 0.3) is 0 Å². The molecule has 0 aromatic heterocycles. The van der Waals surface area contributed by atoms with Gasteiger partial charge in [-0.25, -0.2) is 18.4 Å². The number of ether oxygens (including phenoxy) is 2. The zero-order valence-corrected chi connectivity index (χ0v) is 23.1. The van der Waals surface area contributed by atoms with Crippen molar-refractivity contribution in [1.29, 1.82) is 0 Å². The van der Waals surface area contributed by atoms with E-state index >= 15 is 8.78 Å². The molecule has 7 nitrogen and oxygen atoms in total. The van der Waals surface area contributed by atoms with Gasteiger partial charge in [0.15, 0.2) is 11.5 Å². The molecule has 0 heterocycles. The molecule has 0 aromatic rings. The van der Waals surface area contributed by atoms with Crippen molar-refractivity contribution in [3.8, 4) is 0 Å². The SMILES string of the molecule is CC[C@@H](OC(=O)O[C@@]1(C(=O)O)[C@H](C)C[C@H]2[C@@H]3C[C@H](F)C4=CC(=O)C=C[C@]4(C)C3(F)[C@@H](O)C[C@@]21C)C1CCCC1. The van der Waals surface area contributed by atoms with Crippen LogP contribution in [0.1, 0.15) is 79.1 Å². The standard InChI is InChI=1S/C30H40F2O7/c1-5-23(17-8-6-7-9-17)38-26(37)39-30(25(35)36)16(2)12-19-20-14-22(31)21-13-18(33)10-11-27(21,3)29(20,32)24(34)15-28(19,30)4/h10-11,13,16-17,19-20,22-24,34H,5-9,12,14-15H2,1-4H3,(H,35,36)/t16-,19+,20+,22+,23-,24+,27+,28+,29?,30-/m1/s1. The maximum atomic E-state index is 17.4. The molecule has 1 unspecified atom stereocenters. The van der Waals surface area contributed by atoms with E-state index in [1.165, 1.54) is 19.1 Å². The van der Waals surface area contributed by atoms with Crippen LogP contribution in [-0.2, 0) is 19.1 Å². The summed E-state index contributed by atoms with van der Waals surface area (Å²) in [4.78, 5) is 38.3. The average Bonchev–Trinajstić information content (AvgIpc) is 3.47. The van der Waals surface area contributed by atoms with Crippen molar-refractivity contribution in [3.63, 3.8) is 0 Å². The molecule has 0 aliphatic heterocycles. The molecule has 5 rings (SSSR count). The van der Waals surface area contributed by atoms with Crippen LogP contribution in [-0.4, -0.2) is 57.8 Å². The Morgan fingerprint density at radius 3 is 2.46 bits per heavy atom. The van der Waals surface area contributed by atoms with Gasteiger partial charge in [0.2, 0.25) is 5.60 Å². The number of carboxylic acid groups (broad SMARTS) is 1. The summed E-state index contributed by atoms with van der Waals surface area (Å²) in [6.45, 7) is 6.66. The number of hydrogen-bond acceptors (Lipinski definition) is 6. The Bertz CT molecular complexity index is 1110. The van der Waals surface area contributed by atoms with Crippen LogP contribution in [0.4, 0.5) is 13.6 Å². The predicted octanol–water partition coefficient (Wildman–Crippen LogP) is 5.50. The fraction of sp³-hybridized carbons (Fsp3) is 0.767. The molecule has 10 atom stereocenters. The number of aliphatic hydroxyl groups is 1. The van der Waals surface area contributed by atoms with E-state index < -0.39 is 76.1 Å². The number of rotatable bonds is 5. The monoisotopic (exact) mass is 550 g/mol. The number of carboxylic acids is 1. The molecule has 0 radical (unpaired) electrons. The molecule has 39 heavy (non-hydrogen) atoms. The average molecular weight is 551 g/mol. The van der Waals surface area contributed by atoms with Crippen LogP contribution in [0.25, 0.3) is 0 Å². The number of fused-ring (bicyclic) bond motifs is 5. The highest BCUT2D eigenvalue weighted by Crippen LogP contribution is 2.71. The molecule has 5 aliphatic rings. The summed E-state index contributed by atoms with van der Waals surface area (Å²) in [7, 11) is 0. The predicted molar refractivity (Wildman–Crippen MR) is 137 cm³/mol. The van der Waals surface area contributed by atoms with Gasteiger partial charge in [0.1, 0.15) is 12.3 Å². The van der Waals surface area contributed by atoms with Crippen molar-refractivity contribution in [3.05, 3.63) is 23.8 Å². The molecule has 4 fully saturated rings. The Morgan fingerprint density at radius 2 is 1.85 bits per heavy atom. The molecule has 0 aromatic carbocycles. The van der Waals surface area contributed by atoms with E-state index in [-0.39, 0.29) is 30.8 Å². The molecule has 0 bridgehead atoms. The van der Waals surface area contributed by atoms with Gasteiger partial charge >= 0.3 is 12.1 Å². The highest BCUT2D eigenvalue weighted by molar-refractivity contribution is 6.01. The van der Waals surface area contributed by atoms with E-state index in [4.69, 9.17) is 9.47 Å². The van der Waals surface area contributed by atoms with Crippen LogP contribution in [0, 0.1) is 34.5 Å². The smallest absolute Gasteiger partial charge is 0.478 e. The summed E-state index contributed by atoms with van der Waals surface area (Å²) in [5, 5.41) is 22.1. The van der Waals surface area contributed by atoms with Gasteiger partial charge in [-0.3, -0.25) is 4.79 Å². The Balaban J connectivity index is 1.51. The summed E-state index contributed by atoms with van der Waals surface area (Å²) < 4.78 is 44.5. The number of aliphatic hydroxyl groups excluding tert-OH is 1. The first-order chi connectivity index (χ1) is 18.3. The minimum Gasteiger partial charge on any atom is -0.478 e. The fourth-order valence-corrected chi connectivity index (χ4v) is 9.36. The summed E-state index contributed by atoms with van der Waals surface area (Å²) in [5.41, 5.74) is -7.39. The van der Waals surface area contributed by atoms with Crippen molar-refractivity contribution in [2.45, 2.75) is 109 Å². The van der Waals surface area contributed by atoms with Crippen molar-refractivity contribution in [1.82, 2.24) is 0 Å². The van der Waals surface area contributed by atoms with E-state index in [0.29, 0.717) is 6.42 Å². The molecular weight excluding hydrogens is 510 g/mol. The number of carbonyl (C=O) groups excluding carboxylic acids is 2. The van der Waals surface area contributed by atoms with E-state index in [0.717, 1.165) is 31.8 Å². The van der Waals surface area contributed by atoms with Gasteiger partial charge in [0.05, 0.1) is 6.10 Å². The first kappa shape index (κ1) is 28.2. The second-order valence-electron chi connectivity index (χ2n) is 13.0. The van der Waals surface area contributed by atoms with Crippen molar-refractivity contribution < 1.29 is 42.9 Å². The number of ketones is 1. The molecule has 0 saturated heterocycles. The molecule has 216 valence electrons. The molecule has 0 spiro atoms. The highest BCUT2D eigenvalue weighted by atomic mass is 19.1. The zero-order valence-electron chi connectivity index (χ0n) is 23.1. The van der Waals surface area contributed by atoms with E-state index in [2.05, 4.69) is 0 Å². The lowest BCUT2D eigenvalue weighted by Gasteiger charge is -2.62. The quantitative estimate of drug-likeness (QED) is 0.435. The number of halogens is 2. The molecule has 9 heteroatoms. The largest absolute Gasteiger partial charge is 0.509 e. The van der Waals surface area contributed by atoms with Crippen LogP contribution in [0.5, 0.6) is 0 Å². The lowest BCUT2D eigenvalue weighted by molar-refractivity contribution is -0.232. The lowest BCUT2D eigenvalue weighted by atomic mass is 9.44. The second kappa shape index (κ2) is 9.38. The molecule has 0 amide bonds. The third-order valence-electron chi connectivity index (χ3n) is 11.3. The number of aliphatic carboxylic acids is 1. The van der Waals surface area contributed by atoms with Gasteiger partial charge < -0.3 is 19.7 Å². The van der Waals surface area contributed by atoms with Crippen LogP contribution in [0.15, 0.2) is 23.8 Å². The summed E-state index contributed by atoms with van der Waals surface area (Å²) in [6, 6.07) is 0. The second-order valence-corrected chi connectivity index (χ2v) is 13.0. The zero-order chi connectivity index (χ0) is 28.5. The Labute approximate surface area is 228 Å². The third kappa shape index (κ3) is 3.70. The van der Waals surface area contributed by atoms with E-state index in [9.17, 15) is 24.6 Å². The maximum Gasteiger partial charge on any atom is 0.509 e. The summed E-state index contributed by atoms with van der Waals surface area (Å²) in [6.07, 6.45) is 2.97.